The molecule has 6 nitrogen and oxygen atoms in total. The molecule has 61 heavy (non-hydrogen) atoms. The van der Waals surface area contributed by atoms with Gasteiger partial charge in [0.2, 0.25) is 0 Å². The zero-order chi connectivity index (χ0) is 40.5. The van der Waals surface area contributed by atoms with E-state index in [-0.39, 0.29) is 0 Å². The van der Waals surface area contributed by atoms with Gasteiger partial charge < -0.3 is 0 Å². The highest BCUT2D eigenvalue weighted by atomic mass is 32.1. The molecule has 0 bridgehead atoms. The average molecular weight is 799 g/mol. The fraction of sp³-hybridized carbons (Fsp3) is 0. The van der Waals surface area contributed by atoms with E-state index < -0.39 is 0 Å². The van der Waals surface area contributed by atoms with Crippen molar-refractivity contribution in [1.29, 1.82) is 0 Å². The van der Waals surface area contributed by atoms with Crippen LogP contribution in [0.4, 0.5) is 0 Å². The Balaban J connectivity index is 1.02. The standard InChI is InChI=1S/C54H34N6S/c1-4-14-35(15-5-1)36-22-26-40(27-23-36)53-58-52(39-18-8-3-9-19-39)59-54(60-53)41-28-24-37(25-29-41)42-30-31-44-43(34-42)50-48(49(57-44)38-16-6-2-7-17-38)47(45-20-10-12-32-55-45)51(61-50)46-21-11-13-33-56-46/h1-34H. The van der Waals surface area contributed by atoms with Gasteiger partial charge in [-0.25, -0.2) is 19.9 Å². The molecule has 0 unspecified atom stereocenters. The van der Waals surface area contributed by atoms with Crippen LogP contribution >= 0.6 is 11.3 Å². The molecule has 0 aliphatic carbocycles. The van der Waals surface area contributed by atoms with Crippen molar-refractivity contribution in [2.45, 2.75) is 0 Å². The van der Waals surface area contributed by atoms with Gasteiger partial charge in [0, 0.05) is 55.7 Å². The van der Waals surface area contributed by atoms with Crippen LogP contribution in [0.3, 0.4) is 0 Å². The Bertz CT molecular complexity index is 3300. The molecular weight excluding hydrogens is 765 g/mol. The minimum Gasteiger partial charge on any atom is -0.256 e. The maximum absolute atomic E-state index is 5.38. The van der Waals surface area contributed by atoms with Crippen molar-refractivity contribution in [3.63, 3.8) is 0 Å². The number of hydrogen-bond acceptors (Lipinski definition) is 7. The molecule has 0 aliphatic rings. The van der Waals surface area contributed by atoms with Gasteiger partial charge in [-0.15, -0.1) is 11.3 Å². The molecule has 0 radical (unpaired) electrons. The lowest BCUT2D eigenvalue weighted by molar-refractivity contribution is 1.07. The first-order valence-corrected chi connectivity index (χ1v) is 20.9. The normalized spacial score (nSPS) is 11.3. The summed E-state index contributed by atoms with van der Waals surface area (Å²) >= 11 is 1.75. The first kappa shape index (κ1) is 36.1. The third-order valence-electron chi connectivity index (χ3n) is 10.9. The molecule has 0 saturated heterocycles. The summed E-state index contributed by atoms with van der Waals surface area (Å²) in [5.74, 6) is 1.87. The molecule has 7 heteroatoms. The number of fused-ring (bicyclic) bond motifs is 3. The number of nitrogens with zero attached hydrogens (tertiary/aromatic N) is 6. The fourth-order valence-electron chi connectivity index (χ4n) is 7.86. The molecule has 0 spiro atoms. The van der Waals surface area contributed by atoms with Crippen LogP contribution in [-0.4, -0.2) is 29.9 Å². The predicted molar refractivity (Wildman–Crippen MR) is 250 cm³/mol. The monoisotopic (exact) mass is 798 g/mol. The number of rotatable bonds is 8. The van der Waals surface area contributed by atoms with Gasteiger partial charge in [0.25, 0.3) is 0 Å². The Kier molecular flexibility index (Phi) is 9.26. The van der Waals surface area contributed by atoms with Gasteiger partial charge in [0.05, 0.1) is 27.5 Å². The van der Waals surface area contributed by atoms with Gasteiger partial charge in [-0.05, 0) is 58.7 Å². The molecule has 0 fully saturated rings. The molecule has 11 rings (SSSR count). The fourth-order valence-corrected chi connectivity index (χ4v) is 9.17. The zero-order valence-corrected chi connectivity index (χ0v) is 33.5. The minimum atomic E-state index is 0.614. The Morgan fingerprint density at radius 2 is 0.787 bits per heavy atom. The van der Waals surface area contributed by atoms with Gasteiger partial charge in [0.1, 0.15) is 0 Å². The van der Waals surface area contributed by atoms with Crippen LogP contribution in [0.2, 0.25) is 0 Å². The van der Waals surface area contributed by atoms with Crippen molar-refractivity contribution in [2.24, 2.45) is 0 Å². The quantitative estimate of drug-likeness (QED) is 0.152. The molecule has 0 saturated carbocycles. The highest BCUT2D eigenvalue weighted by molar-refractivity contribution is 7.24. The van der Waals surface area contributed by atoms with Gasteiger partial charge in [-0.1, -0.05) is 158 Å². The topological polar surface area (TPSA) is 77.3 Å². The summed E-state index contributed by atoms with van der Waals surface area (Å²) in [5, 5.41) is 2.15. The molecule has 5 heterocycles. The maximum Gasteiger partial charge on any atom is 0.164 e. The van der Waals surface area contributed by atoms with E-state index >= 15 is 0 Å². The van der Waals surface area contributed by atoms with E-state index in [2.05, 4.69) is 127 Å². The third kappa shape index (κ3) is 6.93. The summed E-state index contributed by atoms with van der Waals surface area (Å²) < 4.78 is 1.14. The van der Waals surface area contributed by atoms with Crippen LogP contribution in [0, 0.1) is 0 Å². The highest BCUT2D eigenvalue weighted by Crippen LogP contribution is 2.49. The molecule has 6 aromatic carbocycles. The number of pyridine rings is 3. The molecule has 0 atom stereocenters. The van der Waals surface area contributed by atoms with Gasteiger partial charge >= 0.3 is 0 Å². The largest absolute Gasteiger partial charge is 0.256 e. The summed E-state index contributed by atoms with van der Waals surface area (Å²) in [6.07, 6.45) is 3.70. The number of aromatic nitrogens is 6. The van der Waals surface area contributed by atoms with Gasteiger partial charge in [0.15, 0.2) is 17.5 Å². The van der Waals surface area contributed by atoms with Crippen molar-refractivity contribution in [3.8, 4) is 89.5 Å². The van der Waals surface area contributed by atoms with Crippen LogP contribution < -0.4 is 0 Å². The SMILES string of the molecule is c1ccc(-c2ccc(-c3nc(-c4ccccc4)nc(-c4ccc(-c5ccc6nc(-c7ccccc7)c7c(-c8ccccn8)c(-c8ccccn8)sc7c6c5)cc4)n3)cc2)cc1. The van der Waals surface area contributed by atoms with E-state index in [1.165, 1.54) is 5.56 Å². The summed E-state index contributed by atoms with van der Waals surface area (Å²) in [5.41, 5.74) is 13.0. The average Bonchev–Trinajstić information content (AvgIpc) is 3.76. The number of thiophene rings is 1. The maximum atomic E-state index is 5.38. The lowest BCUT2D eigenvalue weighted by Gasteiger charge is -2.12. The van der Waals surface area contributed by atoms with E-state index in [1.807, 2.05) is 79.1 Å². The predicted octanol–water partition coefficient (Wildman–Crippen LogP) is 13.8. The smallest absolute Gasteiger partial charge is 0.164 e. The lowest BCUT2D eigenvalue weighted by Crippen LogP contribution is -2.00. The molecule has 5 aromatic heterocycles. The van der Waals surface area contributed by atoms with Crippen LogP contribution in [-0.2, 0) is 0 Å². The summed E-state index contributed by atoms with van der Waals surface area (Å²) in [4.78, 5) is 31.1. The first-order valence-electron chi connectivity index (χ1n) is 20.1. The van der Waals surface area contributed by atoms with Crippen molar-refractivity contribution >= 4 is 32.3 Å². The minimum absolute atomic E-state index is 0.614. The van der Waals surface area contributed by atoms with E-state index in [1.54, 1.807) is 11.3 Å². The lowest BCUT2D eigenvalue weighted by atomic mass is 9.96. The Hall–Kier alpha value is -8.00. The summed E-state index contributed by atoms with van der Waals surface area (Å²) in [6.45, 7) is 0. The van der Waals surface area contributed by atoms with E-state index in [0.717, 1.165) is 87.5 Å². The van der Waals surface area contributed by atoms with E-state index in [4.69, 9.17) is 29.9 Å². The van der Waals surface area contributed by atoms with Crippen molar-refractivity contribution in [2.75, 3.05) is 0 Å². The van der Waals surface area contributed by atoms with Gasteiger partial charge in [-0.2, -0.15) is 0 Å². The van der Waals surface area contributed by atoms with Crippen molar-refractivity contribution < 1.29 is 0 Å². The second-order valence-corrected chi connectivity index (χ2v) is 15.7. The highest BCUT2D eigenvalue weighted by Gasteiger charge is 2.24. The van der Waals surface area contributed by atoms with Gasteiger partial charge in [-0.3, -0.25) is 9.97 Å². The van der Waals surface area contributed by atoms with E-state index in [0.29, 0.717) is 17.5 Å². The second-order valence-electron chi connectivity index (χ2n) is 14.7. The first-order chi connectivity index (χ1) is 30.2. The molecule has 0 N–H and O–H groups in total. The molecular formula is C54H34N6S. The Morgan fingerprint density at radius 3 is 1.34 bits per heavy atom. The van der Waals surface area contributed by atoms with Crippen LogP contribution in [0.15, 0.2) is 207 Å². The Labute approximate surface area is 356 Å². The third-order valence-corrected chi connectivity index (χ3v) is 12.1. The summed E-state index contributed by atoms with van der Waals surface area (Å²) in [7, 11) is 0. The molecule has 0 amide bonds. The van der Waals surface area contributed by atoms with Crippen molar-refractivity contribution in [1.82, 2.24) is 29.9 Å². The van der Waals surface area contributed by atoms with Crippen LogP contribution in [0.5, 0.6) is 0 Å². The van der Waals surface area contributed by atoms with Crippen LogP contribution in [0.1, 0.15) is 0 Å². The Morgan fingerprint density at radius 1 is 0.344 bits per heavy atom. The molecule has 286 valence electrons. The molecule has 11 aromatic rings. The number of hydrogen-bond donors (Lipinski definition) is 0. The zero-order valence-electron chi connectivity index (χ0n) is 32.7. The number of benzene rings is 6. The van der Waals surface area contributed by atoms with Crippen molar-refractivity contribution in [3.05, 3.63) is 207 Å². The second kappa shape index (κ2) is 15.6. The van der Waals surface area contributed by atoms with Crippen LogP contribution in [0.25, 0.3) is 110 Å². The summed E-state index contributed by atoms with van der Waals surface area (Å²) in [6, 6.07) is 66.5. The van der Waals surface area contributed by atoms with E-state index in [9.17, 15) is 0 Å². The molecule has 0 aliphatic heterocycles.